The Labute approximate surface area is 94.1 Å². The number of rotatable bonds is 3. The van der Waals surface area contributed by atoms with Crippen LogP contribution in [0.25, 0.3) is 0 Å². The molecule has 1 aromatic heterocycles. The summed E-state index contributed by atoms with van der Waals surface area (Å²) < 4.78 is 0. The molecule has 0 aliphatic rings. The molecule has 2 nitrogen and oxygen atoms in total. The lowest BCUT2D eigenvalue weighted by Gasteiger charge is -2.13. The summed E-state index contributed by atoms with van der Waals surface area (Å²) in [6, 6.07) is 4.19. The Kier molecular flexibility index (Phi) is 4.01. The van der Waals surface area contributed by atoms with Gasteiger partial charge in [0, 0.05) is 9.75 Å². The van der Waals surface area contributed by atoms with Crippen molar-refractivity contribution in [3.05, 3.63) is 21.9 Å². The number of carbonyl (C=O) groups excluding carboxylic acids is 1. The Hall–Kier alpha value is -0.480. The molecule has 0 saturated heterocycles. The third-order valence-corrected chi connectivity index (χ3v) is 3.34. The van der Waals surface area contributed by atoms with Gasteiger partial charge >= 0.3 is 0 Å². The summed E-state index contributed by atoms with van der Waals surface area (Å²) in [5.41, 5.74) is 0. The summed E-state index contributed by atoms with van der Waals surface area (Å²) in [7, 11) is 0. The number of nitrogens with one attached hydrogen (secondary N) is 1. The molecule has 0 aliphatic heterocycles. The van der Waals surface area contributed by atoms with E-state index in [1.54, 1.807) is 18.3 Å². The van der Waals surface area contributed by atoms with E-state index in [0.29, 0.717) is 0 Å². The molecule has 1 amide bonds. The summed E-state index contributed by atoms with van der Waals surface area (Å²) in [4.78, 5) is 13.8. The monoisotopic (exact) mass is 229 g/mol. The second kappa shape index (κ2) is 4.84. The number of hydrogen-bond donors (Lipinski definition) is 2. The predicted molar refractivity (Wildman–Crippen MR) is 64.1 cm³/mol. The molecular formula is C10H15NOS2. The molecule has 0 fully saturated rings. The first-order valence-corrected chi connectivity index (χ1v) is 5.88. The third-order valence-electron chi connectivity index (χ3n) is 1.93. The van der Waals surface area contributed by atoms with Crippen molar-refractivity contribution in [2.75, 3.05) is 0 Å². The highest BCUT2D eigenvalue weighted by Crippen LogP contribution is 2.22. The molecule has 14 heavy (non-hydrogen) atoms. The smallest absolute Gasteiger partial charge is 0.233 e. The van der Waals surface area contributed by atoms with E-state index in [-0.39, 0.29) is 17.2 Å². The van der Waals surface area contributed by atoms with Gasteiger partial charge in [-0.2, -0.15) is 12.6 Å². The first-order chi connectivity index (χ1) is 6.50. The van der Waals surface area contributed by atoms with E-state index in [4.69, 9.17) is 0 Å². The van der Waals surface area contributed by atoms with Crippen LogP contribution in [0.5, 0.6) is 0 Å². The molecule has 1 heterocycles. The average Bonchev–Trinajstić information content (AvgIpc) is 2.51. The molecule has 1 aromatic rings. The lowest BCUT2D eigenvalue weighted by Crippen LogP contribution is -2.31. The minimum Gasteiger partial charge on any atom is -0.348 e. The molecule has 2 unspecified atom stereocenters. The Balaban J connectivity index is 2.59. The lowest BCUT2D eigenvalue weighted by atomic mass is 10.2. The van der Waals surface area contributed by atoms with Gasteiger partial charge in [-0.25, -0.2) is 0 Å². The molecule has 78 valence electrons. The van der Waals surface area contributed by atoms with Gasteiger partial charge in [0.2, 0.25) is 5.91 Å². The predicted octanol–water partition coefficient (Wildman–Crippen LogP) is 2.55. The van der Waals surface area contributed by atoms with Crippen LogP contribution < -0.4 is 5.32 Å². The minimum atomic E-state index is -0.251. The Morgan fingerprint density at radius 2 is 2.14 bits per heavy atom. The van der Waals surface area contributed by atoms with Crippen LogP contribution in [0.4, 0.5) is 0 Å². The number of aryl methyl sites for hydroxylation is 1. The van der Waals surface area contributed by atoms with Crippen molar-refractivity contribution in [3.63, 3.8) is 0 Å². The zero-order valence-corrected chi connectivity index (χ0v) is 10.3. The van der Waals surface area contributed by atoms with Crippen LogP contribution in [0.1, 0.15) is 29.6 Å². The van der Waals surface area contributed by atoms with Crippen molar-refractivity contribution >= 4 is 29.9 Å². The lowest BCUT2D eigenvalue weighted by molar-refractivity contribution is -0.120. The maximum atomic E-state index is 11.4. The van der Waals surface area contributed by atoms with Gasteiger partial charge < -0.3 is 5.32 Å². The van der Waals surface area contributed by atoms with Crippen LogP contribution in [0.3, 0.4) is 0 Å². The van der Waals surface area contributed by atoms with Gasteiger partial charge in [-0.1, -0.05) is 0 Å². The quantitative estimate of drug-likeness (QED) is 0.766. The first-order valence-electron chi connectivity index (χ1n) is 4.55. The van der Waals surface area contributed by atoms with E-state index >= 15 is 0 Å². The average molecular weight is 229 g/mol. The fourth-order valence-electron chi connectivity index (χ4n) is 1.09. The SMILES string of the molecule is Cc1ccc(C(C)NC(=O)C(C)S)s1. The molecule has 1 rings (SSSR count). The molecule has 1 N–H and O–H groups in total. The van der Waals surface area contributed by atoms with Crippen molar-refractivity contribution in [2.45, 2.75) is 32.1 Å². The minimum absolute atomic E-state index is 0.0214. The van der Waals surface area contributed by atoms with Crippen LogP contribution in [0, 0.1) is 6.92 Å². The molecule has 0 aromatic carbocycles. The molecule has 0 aliphatic carbocycles. The van der Waals surface area contributed by atoms with E-state index in [9.17, 15) is 4.79 Å². The van der Waals surface area contributed by atoms with Crippen molar-refractivity contribution in [2.24, 2.45) is 0 Å². The highest BCUT2D eigenvalue weighted by Gasteiger charge is 2.13. The molecule has 0 saturated carbocycles. The van der Waals surface area contributed by atoms with Gasteiger partial charge in [-0.05, 0) is 32.9 Å². The normalized spacial score (nSPS) is 14.9. The van der Waals surface area contributed by atoms with Gasteiger partial charge in [-0.15, -0.1) is 11.3 Å². The van der Waals surface area contributed by atoms with Gasteiger partial charge in [0.15, 0.2) is 0 Å². The maximum absolute atomic E-state index is 11.4. The summed E-state index contributed by atoms with van der Waals surface area (Å²) in [6.45, 7) is 5.81. The Bertz CT molecular complexity index is 320. The number of amides is 1. The fraction of sp³-hybridized carbons (Fsp3) is 0.500. The van der Waals surface area contributed by atoms with E-state index in [1.165, 1.54) is 9.75 Å². The van der Waals surface area contributed by atoms with E-state index < -0.39 is 0 Å². The third kappa shape index (κ3) is 3.03. The summed E-state index contributed by atoms with van der Waals surface area (Å²) in [5, 5.41) is 2.65. The Morgan fingerprint density at radius 1 is 1.50 bits per heavy atom. The number of hydrogen-bond acceptors (Lipinski definition) is 3. The molecule has 0 bridgehead atoms. The van der Waals surface area contributed by atoms with E-state index in [0.717, 1.165) is 0 Å². The second-order valence-corrected chi connectivity index (χ2v) is 5.45. The standard InChI is InChI=1S/C10H15NOS2/c1-6-4-5-9(14-6)7(2)11-10(12)8(3)13/h4-5,7-8,13H,1-3H3,(H,11,12). The van der Waals surface area contributed by atoms with Gasteiger partial charge in [0.05, 0.1) is 11.3 Å². The van der Waals surface area contributed by atoms with Gasteiger partial charge in [-0.3, -0.25) is 4.79 Å². The summed E-state index contributed by atoms with van der Waals surface area (Å²) >= 11 is 5.79. The Morgan fingerprint density at radius 3 is 2.57 bits per heavy atom. The summed E-state index contributed by atoms with van der Waals surface area (Å²) in [6.07, 6.45) is 0. The molecule has 2 atom stereocenters. The fourth-order valence-corrected chi connectivity index (χ4v) is 2.05. The van der Waals surface area contributed by atoms with Crippen LogP contribution in [0.15, 0.2) is 12.1 Å². The molecule has 4 heteroatoms. The van der Waals surface area contributed by atoms with Crippen LogP contribution in [-0.4, -0.2) is 11.2 Å². The van der Waals surface area contributed by atoms with E-state index in [1.807, 2.05) is 13.0 Å². The summed E-state index contributed by atoms with van der Waals surface area (Å²) in [5.74, 6) is -0.0214. The van der Waals surface area contributed by atoms with E-state index in [2.05, 4.69) is 30.9 Å². The first kappa shape index (κ1) is 11.6. The van der Waals surface area contributed by atoms with Crippen molar-refractivity contribution in [1.29, 1.82) is 0 Å². The van der Waals surface area contributed by atoms with Crippen molar-refractivity contribution in [3.8, 4) is 0 Å². The number of thiol groups is 1. The molecule has 0 spiro atoms. The van der Waals surface area contributed by atoms with Gasteiger partial charge in [0.25, 0.3) is 0 Å². The number of thiophene rings is 1. The zero-order chi connectivity index (χ0) is 10.7. The second-order valence-electron chi connectivity index (χ2n) is 3.35. The van der Waals surface area contributed by atoms with Crippen molar-refractivity contribution in [1.82, 2.24) is 5.32 Å². The zero-order valence-electron chi connectivity index (χ0n) is 8.57. The number of carbonyl (C=O) groups is 1. The molecule has 0 radical (unpaired) electrons. The highest BCUT2D eigenvalue weighted by molar-refractivity contribution is 7.81. The topological polar surface area (TPSA) is 29.1 Å². The van der Waals surface area contributed by atoms with Crippen LogP contribution >= 0.6 is 24.0 Å². The largest absolute Gasteiger partial charge is 0.348 e. The maximum Gasteiger partial charge on any atom is 0.233 e. The molecular weight excluding hydrogens is 214 g/mol. The van der Waals surface area contributed by atoms with Crippen LogP contribution in [-0.2, 0) is 4.79 Å². The van der Waals surface area contributed by atoms with Crippen LogP contribution in [0.2, 0.25) is 0 Å². The highest BCUT2D eigenvalue weighted by atomic mass is 32.1. The van der Waals surface area contributed by atoms with Gasteiger partial charge in [0.1, 0.15) is 0 Å². The van der Waals surface area contributed by atoms with Crippen molar-refractivity contribution < 1.29 is 4.79 Å².